The van der Waals surface area contributed by atoms with E-state index in [2.05, 4.69) is 15.4 Å². The number of hydrogen-bond donors (Lipinski definition) is 1. The Morgan fingerprint density at radius 2 is 2.05 bits per heavy atom. The molecule has 1 N–H and O–H groups in total. The molecule has 0 bridgehead atoms. The molecule has 1 fully saturated rings. The van der Waals surface area contributed by atoms with Crippen LogP contribution >= 0.6 is 0 Å². The van der Waals surface area contributed by atoms with E-state index in [0.29, 0.717) is 27.9 Å². The van der Waals surface area contributed by atoms with Crippen molar-refractivity contribution >= 4 is 17.0 Å². The molecule has 1 aromatic carbocycles. The lowest BCUT2D eigenvalue weighted by atomic mass is 9.96. The Morgan fingerprint density at radius 1 is 1.26 bits per heavy atom. The van der Waals surface area contributed by atoms with Crippen LogP contribution in [0.1, 0.15) is 37.7 Å². The SMILES string of the molecule is Cc1ccc2nc(NC3CCCCC3)n[n+]([O-])c2c1. The number of nitrogens with one attached hydrogen (secondary N) is 1. The molecule has 0 unspecified atom stereocenters. The zero-order chi connectivity index (χ0) is 13.2. The summed E-state index contributed by atoms with van der Waals surface area (Å²) in [5.74, 6) is 0.443. The third kappa shape index (κ3) is 2.59. The quantitative estimate of drug-likeness (QED) is 0.663. The van der Waals surface area contributed by atoms with Gasteiger partial charge in [0.2, 0.25) is 0 Å². The molecule has 5 heteroatoms. The molecule has 0 saturated heterocycles. The normalized spacial score (nSPS) is 16.7. The second kappa shape index (κ2) is 4.99. The maximum absolute atomic E-state index is 11.9. The van der Waals surface area contributed by atoms with E-state index >= 15 is 0 Å². The van der Waals surface area contributed by atoms with Crippen LogP contribution in [0.3, 0.4) is 0 Å². The maximum atomic E-state index is 11.9. The van der Waals surface area contributed by atoms with E-state index in [0.717, 1.165) is 18.4 Å². The molecule has 1 heterocycles. The molecule has 0 amide bonds. The molecule has 0 aliphatic heterocycles. The fourth-order valence-electron chi connectivity index (χ4n) is 2.65. The number of aromatic nitrogens is 3. The van der Waals surface area contributed by atoms with Crippen LogP contribution in [0.2, 0.25) is 0 Å². The van der Waals surface area contributed by atoms with Gasteiger partial charge in [-0.15, -0.1) is 0 Å². The summed E-state index contributed by atoms with van der Waals surface area (Å²) >= 11 is 0. The average molecular weight is 258 g/mol. The molecule has 3 rings (SSSR count). The van der Waals surface area contributed by atoms with E-state index in [1.165, 1.54) is 19.3 Å². The predicted octanol–water partition coefficient (Wildman–Crippen LogP) is 2.32. The molecule has 100 valence electrons. The number of hydrogen-bond acceptors (Lipinski definition) is 4. The third-order valence-electron chi connectivity index (χ3n) is 3.69. The van der Waals surface area contributed by atoms with Crippen molar-refractivity contribution in [2.45, 2.75) is 45.1 Å². The minimum atomic E-state index is 0.400. The van der Waals surface area contributed by atoms with Crippen molar-refractivity contribution in [3.63, 3.8) is 0 Å². The first kappa shape index (κ1) is 12.1. The Kier molecular flexibility index (Phi) is 3.19. The summed E-state index contributed by atoms with van der Waals surface area (Å²) in [5.41, 5.74) is 2.25. The number of fused-ring (bicyclic) bond motifs is 1. The fourth-order valence-corrected chi connectivity index (χ4v) is 2.65. The number of anilines is 1. The van der Waals surface area contributed by atoms with Gasteiger partial charge >= 0.3 is 0 Å². The summed E-state index contributed by atoms with van der Waals surface area (Å²) < 4.78 is 0. The number of nitrogens with zero attached hydrogens (tertiary/aromatic N) is 3. The first-order chi connectivity index (χ1) is 9.22. The monoisotopic (exact) mass is 258 g/mol. The Balaban J connectivity index is 1.90. The van der Waals surface area contributed by atoms with Crippen molar-refractivity contribution in [2.75, 3.05) is 5.32 Å². The zero-order valence-corrected chi connectivity index (χ0v) is 11.1. The second-order valence-corrected chi connectivity index (χ2v) is 5.28. The smallest absolute Gasteiger partial charge is 0.290 e. The predicted molar refractivity (Wildman–Crippen MR) is 73.7 cm³/mol. The van der Waals surface area contributed by atoms with Crippen molar-refractivity contribution in [1.29, 1.82) is 0 Å². The second-order valence-electron chi connectivity index (χ2n) is 5.28. The number of aryl methyl sites for hydroxylation is 1. The van der Waals surface area contributed by atoms with E-state index in [1.54, 1.807) is 0 Å². The first-order valence-electron chi connectivity index (χ1n) is 6.87. The van der Waals surface area contributed by atoms with Crippen LogP contribution in [-0.2, 0) is 0 Å². The highest BCUT2D eigenvalue weighted by molar-refractivity contribution is 5.72. The lowest BCUT2D eigenvalue weighted by Crippen LogP contribution is -2.35. The summed E-state index contributed by atoms with van der Waals surface area (Å²) in [5, 5.41) is 19.2. The molecule has 19 heavy (non-hydrogen) atoms. The molecule has 0 spiro atoms. The largest absolute Gasteiger partial charge is 0.594 e. The van der Waals surface area contributed by atoms with Gasteiger partial charge in [0.25, 0.3) is 11.5 Å². The van der Waals surface area contributed by atoms with Gasteiger partial charge in [-0.25, -0.2) is 4.98 Å². The van der Waals surface area contributed by atoms with Crippen molar-refractivity contribution in [3.8, 4) is 0 Å². The Bertz CT molecular complexity index is 593. The van der Waals surface area contributed by atoms with Gasteiger partial charge in [0.05, 0.1) is 5.10 Å². The van der Waals surface area contributed by atoms with Gasteiger partial charge < -0.3 is 10.5 Å². The van der Waals surface area contributed by atoms with Crippen molar-refractivity contribution in [3.05, 3.63) is 29.0 Å². The minimum Gasteiger partial charge on any atom is -0.594 e. The third-order valence-corrected chi connectivity index (χ3v) is 3.69. The van der Waals surface area contributed by atoms with Crippen LogP contribution < -0.4 is 10.2 Å². The van der Waals surface area contributed by atoms with Gasteiger partial charge in [0.1, 0.15) is 5.52 Å². The molecular formula is C14H18N4O. The summed E-state index contributed by atoms with van der Waals surface area (Å²) in [7, 11) is 0. The molecule has 1 aliphatic rings. The number of rotatable bonds is 2. The van der Waals surface area contributed by atoms with Crippen LogP contribution in [0.15, 0.2) is 18.2 Å². The summed E-state index contributed by atoms with van der Waals surface area (Å²) in [6.45, 7) is 1.95. The van der Waals surface area contributed by atoms with Gasteiger partial charge in [0.15, 0.2) is 0 Å². The van der Waals surface area contributed by atoms with Crippen LogP contribution in [0, 0.1) is 12.1 Å². The van der Waals surface area contributed by atoms with E-state index in [1.807, 2.05) is 25.1 Å². The topological polar surface area (TPSA) is 64.8 Å². The Hall–Kier alpha value is -1.91. The van der Waals surface area contributed by atoms with Gasteiger partial charge in [0, 0.05) is 12.1 Å². The van der Waals surface area contributed by atoms with E-state index in [9.17, 15) is 5.21 Å². The molecule has 0 atom stereocenters. The van der Waals surface area contributed by atoms with Crippen LogP contribution in [0.25, 0.3) is 11.0 Å². The molecule has 1 aliphatic carbocycles. The molecular weight excluding hydrogens is 240 g/mol. The van der Waals surface area contributed by atoms with Crippen molar-refractivity contribution in [2.24, 2.45) is 0 Å². The van der Waals surface area contributed by atoms with Crippen molar-refractivity contribution < 1.29 is 4.85 Å². The average Bonchev–Trinajstić information content (AvgIpc) is 2.41. The maximum Gasteiger partial charge on any atom is 0.290 e. The van der Waals surface area contributed by atoms with E-state index < -0.39 is 0 Å². The summed E-state index contributed by atoms with van der Waals surface area (Å²) in [6, 6.07) is 6.04. The Morgan fingerprint density at radius 3 is 2.84 bits per heavy atom. The highest BCUT2D eigenvalue weighted by Crippen LogP contribution is 2.20. The number of benzene rings is 1. The highest BCUT2D eigenvalue weighted by Gasteiger charge is 2.17. The van der Waals surface area contributed by atoms with Gasteiger partial charge in [-0.2, -0.15) is 0 Å². The first-order valence-corrected chi connectivity index (χ1v) is 6.87. The van der Waals surface area contributed by atoms with E-state index in [4.69, 9.17) is 0 Å². The van der Waals surface area contributed by atoms with Crippen LogP contribution in [0.5, 0.6) is 0 Å². The summed E-state index contributed by atoms with van der Waals surface area (Å²) in [4.78, 5) is 5.10. The van der Waals surface area contributed by atoms with Gasteiger partial charge in [-0.05, 0) is 36.2 Å². The molecule has 1 saturated carbocycles. The lowest BCUT2D eigenvalue weighted by molar-refractivity contribution is -0.641. The van der Waals surface area contributed by atoms with Crippen molar-refractivity contribution in [1.82, 2.24) is 10.1 Å². The van der Waals surface area contributed by atoms with Gasteiger partial charge in [-0.3, -0.25) is 0 Å². The molecule has 5 nitrogen and oxygen atoms in total. The lowest BCUT2D eigenvalue weighted by Gasteiger charge is -2.22. The molecule has 2 aromatic rings. The van der Waals surface area contributed by atoms with E-state index in [-0.39, 0.29) is 0 Å². The van der Waals surface area contributed by atoms with Crippen LogP contribution in [0.4, 0.5) is 5.95 Å². The highest BCUT2D eigenvalue weighted by atomic mass is 16.5. The van der Waals surface area contributed by atoms with Gasteiger partial charge in [-0.1, -0.05) is 25.3 Å². The standard InChI is InChI=1S/C14H18N4O/c1-10-7-8-12-13(9-10)18(19)17-14(16-12)15-11-5-3-2-4-6-11/h7-9,11H,2-6H2,1H3,(H,15,16,17). The zero-order valence-electron chi connectivity index (χ0n) is 11.1. The fraction of sp³-hybridized carbons (Fsp3) is 0.500. The van der Waals surface area contributed by atoms with Crippen LogP contribution in [-0.4, -0.2) is 16.1 Å². The minimum absolute atomic E-state index is 0.400. The molecule has 1 aromatic heterocycles. The Labute approximate surface area is 112 Å². The summed E-state index contributed by atoms with van der Waals surface area (Å²) in [6.07, 6.45) is 6.05. The molecule has 0 radical (unpaired) electrons.